The molecule has 0 aromatic heterocycles. The van der Waals surface area contributed by atoms with Crippen LogP contribution in [0.15, 0.2) is 59.7 Å². The second-order valence-corrected chi connectivity index (χ2v) is 5.52. The Kier molecular flexibility index (Phi) is 3.96. The van der Waals surface area contributed by atoms with E-state index < -0.39 is 17.4 Å². The summed E-state index contributed by atoms with van der Waals surface area (Å²) in [7, 11) is 0. The van der Waals surface area contributed by atoms with Gasteiger partial charge in [-0.05, 0) is 24.1 Å². The smallest absolute Gasteiger partial charge is 0.279 e. The van der Waals surface area contributed by atoms with Crippen molar-refractivity contribution in [1.29, 1.82) is 0 Å². The van der Waals surface area contributed by atoms with E-state index in [0.717, 1.165) is 10.6 Å². The number of amides is 1. The molecule has 0 saturated carbocycles. The standard InChI is InChI=1S/C18H17FN2O2/c1-2-18(23)12-16(13-8-4-3-5-9-13)20-21(18)17(22)14-10-6-7-11-15(14)19/h3-11,23H,2,12H2,1H3/t18-/m1/s1. The van der Waals surface area contributed by atoms with Gasteiger partial charge in [-0.15, -0.1) is 0 Å². The van der Waals surface area contributed by atoms with Crippen LogP contribution in [0.5, 0.6) is 0 Å². The first-order valence-electron chi connectivity index (χ1n) is 7.49. The molecule has 0 radical (unpaired) electrons. The van der Waals surface area contributed by atoms with Gasteiger partial charge in [0, 0.05) is 6.42 Å². The Morgan fingerprint density at radius 1 is 1.22 bits per heavy atom. The summed E-state index contributed by atoms with van der Waals surface area (Å²) in [4.78, 5) is 12.6. The van der Waals surface area contributed by atoms with Crippen molar-refractivity contribution in [3.63, 3.8) is 0 Å². The fourth-order valence-electron chi connectivity index (χ4n) is 2.64. The number of carbonyl (C=O) groups excluding carboxylic acids is 1. The second kappa shape index (κ2) is 5.93. The van der Waals surface area contributed by atoms with Gasteiger partial charge in [0.15, 0.2) is 5.72 Å². The van der Waals surface area contributed by atoms with Crippen LogP contribution in [0.3, 0.4) is 0 Å². The molecule has 1 amide bonds. The lowest BCUT2D eigenvalue weighted by atomic mass is 9.99. The van der Waals surface area contributed by atoms with Crippen LogP contribution in [0, 0.1) is 5.82 Å². The van der Waals surface area contributed by atoms with E-state index in [4.69, 9.17) is 0 Å². The predicted molar refractivity (Wildman–Crippen MR) is 85.4 cm³/mol. The van der Waals surface area contributed by atoms with Crippen molar-refractivity contribution in [2.75, 3.05) is 0 Å². The van der Waals surface area contributed by atoms with Gasteiger partial charge in [0.1, 0.15) is 5.82 Å². The molecule has 0 saturated heterocycles. The van der Waals surface area contributed by atoms with E-state index >= 15 is 0 Å². The second-order valence-electron chi connectivity index (χ2n) is 5.52. The number of hydrazone groups is 1. The number of nitrogens with zero attached hydrogens (tertiary/aromatic N) is 2. The topological polar surface area (TPSA) is 52.9 Å². The molecule has 4 nitrogen and oxygen atoms in total. The van der Waals surface area contributed by atoms with Gasteiger partial charge in [0.2, 0.25) is 0 Å². The SMILES string of the molecule is CC[C@@]1(O)CC(c2ccccc2)=NN1C(=O)c1ccccc1F. The summed E-state index contributed by atoms with van der Waals surface area (Å²) < 4.78 is 13.9. The van der Waals surface area contributed by atoms with E-state index in [1.54, 1.807) is 13.0 Å². The molecule has 1 N–H and O–H groups in total. The number of benzene rings is 2. The molecule has 0 aliphatic carbocycles. The number of rotatable bonds is 3. The number of hydrogen-bond donors (Lipinski definition) is 1. The van der Waals surface area contributed by atoms with E-state index in [1.807, 2.05) is 30.3 Å². The van der Waals surface area contributed by atoms with Gasteiger partial charge in [0.25, 0.3) is 5.91 Å². The van der Waals surface area contributed by atoms with Crippen LogP contribution in [0.1, 0.15) is 35.7 Å². The third-order valence-electron chi connectivity index (χ3n) is 4.04. The van der Waals surface area contributed by atoms with Gasteiger partial charge >= 0.3 is 0 Å². The van der Waals surface area contributed by atoms with Crippen LogP contribution in [0.25, 0.3) is 0 Å². The van der Waals surface area contributed by atoms with E-state index in [0.29, 0.717) is 12.1 Å². The Balaban J connectivity index is 2.00. The minimum absolute atomic E-state index is 0.0996. The summed E-state index contributed by atoms with van der Waals surface area (Å²) in [6.07, 6.45) is 0.515. The highest BCUT2D eigenvalue weighted by molar-refractivity contribution is 6.05. The Hall–Kier alpha value is -2.53. The average molecular weight is 312 g/mol. The molecular formula is C18H17FN2O2. The summed E-state index contributed by atoms with van der Waals surface area (Å²) >= 11 is 0. The summed E-state index contributed by atoms with van der Waals surface area (Å²) in [6.45, 7) is 1.77. The van der Waals surface area contributed by atoms with Gasteiger partial charge in [0.05, 0.1) is 11.3 Å². The Labute approximate surface area is 133 Å². The molecule has 0 spiro atoms. The van der Waals surface area contributed by atoms with Crippen molar-refractivity contribution in [1.82, 2.24) is 5.01 Å². The number of hydrogen-bond acceptors (Lipinski definition) is 3. The van der Waals surface area contributed by atoms with Crippen LogP contribution in [-0.4, -0.2) is 27.5 Å². The molecule has 3 rings (SSSR count). The van der Waals surface area contributed by atoms with Crippen molar-refractivity contribution in [3.8, 4) is 0 Å². The average Bonchev–Trinajstić information content (AvgIpc) is 2.94. The predicted octanol–water partition coefficient (Wildman–Crippen LogP) is 3.17. The minimum Gasteiger partial charge on any atom is -0.369 e. The zero-order valence-electron chi connectivity index (χ0n) is 12.7. The van der Waals surface area contributed by atoms with Crippen molar-refractivity contribution in [2.24, 2.45) is 5.10 Å². The highest BCUT2D eigenvalue weighted by Gasteiger charge is 2.44. The number of halogens is 1. The van der Waals surface area contributed by atoms with Crippen LogP contribution < -0.4 is 0 Å². The summed E-state index contributed by atoms with van der Waals surface area (Å²) in [5.41, 5.74) is -0.0925. The number of carbonyl (C=O) groups is 1. The summed E-state index contributed by atoms with van der Waals surface area (Å²) in [5.74, 6) is -1.27. The number of aliphatic hydroxyl groups is 1. The van der Waals surface area contributed by atoms with E-state index in [9.17, 15) is 14.3 Å². The van der Waals surface area contributed by atoms with Crippen molar-refractivity contribution in [3.05, 3.63) is 71.5 Å². The van der Waals surface area contributed by atoms with E-state index in [-0.39, 0.29) is 12.0 Å². The van der Waals surface area contributed by atoms with Crippen molar-refractivity contribution in [2.45, 2.75) is 25.5 Å². The monoisotopic (exact) mass is 312 g/mol. The zero-order chi connectivity index (χ0) is 16.4. The largest absolute Gasteiger partial charge is 0.369 e. The summed E-state index contributed by atoms with van der Waals surface area (Å²) in [5, 5.41) is 16.1. The minimum atomic E-state index is -1.44. The highest BCUT2D eigenvalue weighted by atomic mass is 19.1. The van der Waals surface area contributed by atoms with Gasteiger partial charge < -0.3 is 5.11 Å². The van der Waals surface area contributed by atoms with Gasteiger partial charge in [-0.2, -0.15) is 10.1 Å². The van der Waals surface area contributed by atoms with Crippen LogP contribution in [0.4, 0.5) is 4.39 Å². The molecule has 23 heavy (non-hydrogen) atoms. The zero-order valence-corrected chi connectivity index (χ0v) is 12.7. The molecule has 1 aliphatic heterocycles. The quantitative estimate of drug-likeness (QED) is 0.946. The molecule has 1 heterocycles. The van der Waals surface area contributed by atoms with E-state index in [1.165, 1.54) is 18.2 Å². The first-order chi connectivity index (χ1) is 11.0. The lowest BCUT2D eigenvalue weighted by molar-refractivity contribution is -0.0728. The fourth-order valence-corrected chi connectivity index (χ4v) is 2.64. The van der Waals surface area contributed by atoms with Crippen molar-refractivity contribution >= 4 is 11.6 Å². The molecule has 0 bridgehead atoms. The fraction of sp³-hybridized carbons (Fsp3) is 0.222. The molecule has 5 heteroatoms. The molecule has 1 atom stereocenters. The molecule has 1 aliphatic rings. The Bertz CT molecular complexity index is 761. The maximum atomic E-state index is 13.9. The van der Waals surface area contributed by atoms with Crippen LogP contribution >= 0.6 is 0 Å². The first-order valence-corrected chi connectivity index (χ1v) is 7.49. The molecule has 0 fully saturated rings. The Morgan fingerprint density at radius 2 is 1.87 bits per heavy atom. The van der Waals surface area contributed by atoms with Crippen molar-refractivity contribution < 1.29 is 14.3 Å². The van der Waals surface area contributed by atoms with E-state index in [2.05, 4.69) is 5.10 Å². The van der Waals surface area contributed by atoms with Crippen LogP contribution in [-0.2, 0) is 0 Å². The third kappa shape index (κ3) is 2.75. The Morgan fingerprint density at radius 3 is 2.52 bits per heavy atom. The van der Waals surface area contributed by atoms with Gasteiger partial charge in [-0.3, -0.25) is 4.79 Å². The lowest BCUT2D eigenvalue weighted by Gasteiger charge is -2.29. The van der Waals surface area contributed by atoms with Crippen LogP contribution in [0.2, 0.25) is 0 Å². The molecule has 0 unspecified atom stereocenters. The first kappa shape index (κ1) is 15.4. The molecular weight excluding hydrogens is 295 g/mol. The van der Waals surface area contributed by atoms with Gasteiger partial charge in [-0.1, -0.05) is 49.4 Å². The molecule has 118 valence electrons. The third-order valence-corrected chi connectivity index (χ3v) is 4.04. The maximum Gasteiger partial charge on any atom is 0.279 e. The normalized spacial score (nSPS) is 20.5. The maximum absolute atomic E-state index is 13.9. The highest BCUT2D eigenvalue weighted by Crippen LogP contribution is 2.32. The van der Waals surface area contributed by atoms with Gasteiger partial charge in [-0.25, -0.2) is 4.39 Å². The lowest BCUT2D eigenvalue weighted by Crippen LogP contribution is -2.45. The molecule has 2 aromatic rings. The summed E-state index contributed by atoms with van der Waals surface area (Å²) in [6, 6.07) is 15.1. The molecule has 2 aromatic carbocycles.